The van der Waals surface area contributed by atoms with Crippen molar-refractivity contribution >= 4 is 27.3 Å². The molecule has 2 aromatic rings. The van der Waals surface area contributed by atoms with Crippen molar-refractivity contribution in [2.75, 3.05) is 0 Å². The number of aliphatic hydroxyl groups is 1. The van der Waals surface area contributed by atoms with Crippen LogP contribution in [0.15, 0.2) is 46.3 Å². The van der Waals surface area contributed by atoms with Crippen molar-refractivity contribution in [2.45, 2.75) is 38.7 Å². The monoisotopic (exact) mass is 352 g/mol. The molecule has 0 fully saturated rings. The third-order valence-corrected chi connectivity index (χ3v) is 5.89. The van der Waals surface area contributed by atoms with Crippen LogP contribution in [-0.2, 0) is 6.42 Å². The van der Waals surface area contributed by atoms with Gasteiger partial charge in [0, 0.05) is 21.7 Å². The fourth-order valence-corrected chi connectivity index (χ4v) is 4.21. The highest BCUT2D eigenvalue weighted by Gasteiger charge is 2.26. The summed E-state index contributed by atoms with van der Waals surface area (Å²) in [5.74, 6) is 0.654. The quantitative estimate of drug-likeness (QED) is 0.753. The van der Waals surface area contributed by atoms with Gasteiger partial charge in [0.25, 0.3) is 0 Å². The molecule has 3 atom stereocenters. The van der Waals surface area contributed by atoms with E-state index in [0.29, 0.717) is 12.3 Å². The Bertz CT molecular complexity index is 523. The van der Waals surface area contributed by atoms with Gasteiger partial charge in [0.2, 0.25) is 0 Å². The lowest BCUT2D eigenvalue weighted by molar-refractivity contribution is 0.118. The summed E-state index contributed by atoms with van der Waals surface area (Å²) in [6, 6.07) is 12.4. The Balaban J connectivity index is 2.21. The molecular formula is C17H21BrOS. The zero-order valence-electron chi connectivity index (χ0n) is 11.9. The van der Waals surface area contributed by atoms with Gasteiger partial charge in [-0.05, 0) is 38.9 Å². The molecule has 2 rings (SSSR count). The lowest BCUT2D eigenvalue weighted by Gasteiger charge is -2.28. The van der Waals surface area contributed by atoms with E-state index in [1.54, 1.807) is 11.3 Å². The molecule has 0 bridgehead atoms. The largest absolute Gasteiger partial charge is 0.392 e. The van der Waals surface area contributed by atoms with Gasteiger partial charge in [0.1, 0.15) is 0 Å². The van der Waals surface area contributed by atoms with E-state index in [1.807, 2.05) is 12.1 Å². The van der Waals surface area contributed by atoms with Crippen molar-refractivity contribution in [1.82, 2.24) is 0 Å². The molecule has 3 heteroatoms. The van der Waals surface area contributed by atoms with Crippen LogP contribution in [0.4, 0.5) is 0 Å². The van der Waals surface area contributed by atoms with Crippen LogP contribution in [0.25, 0.3) is 0 Å². The summed E-state index contributed by atoms with van der Waals surface area (Å²) in [4.78, 5) is 1.22. The summed E-state index contributed by atoms with van der Waals surface area (Å²) in [5.41, 5.74) is 1.24. The van der Waals surface area contributed by atoms with Gasteiger partial charge in [-0.15, -0.1) is 11.3 Å². The van der Waals surface area contributed by atoms with Gasteiger partial charge < -0.3 is 5.11 Å². The maximum atomic E-state index is 10.7. The topological polar surface area (TPSA) is 20.2 Å². The second-order valence-corrected chi connectivity index (χ2v) is 7.14. The number of halogens is 1. The highest BCUT2D eigenvalue weighted by molar-refractivity contribution is 9.10. The smallest absolute Gasteiger partial charge is 0.0659 e. The summed E-state index contributed by atoms with van der Waals surface area (Å²) >= 11 is 5.26. The van der Waals surface area contributed by atoms with Crippen LogP contribution in [0.3, 0.4) is 0 Å². The number of thiophene rings is 1. The fraction of sp³-hybridized carbons (Fsp3) is 0.412. The summed E-state index contributed by atoms with van der Waals surface area (Å²) in [7, 11) is 0. The van der Waals surface area contributed by atoms with Gasteiger partial charge in [-0.1, -0.05) is 50.6 Å². The number of benzene rings is 1. The molecule has 1 heterocycles. The van der Waals surface area contributed by atoms with Crippen molar-refractivity contribution in [1.29, 1.82) is 0 Å². The molecule has 0 saturated carbocycles. The molecule has 0 aliphatic heterocycles. The van der Waals surface area contributed by atoms with Crippen LogP contribution < -0.4 is 0 Å². The van der Waals surface area contributed by atoms with Gasteiger partial charge >= 0.3 is 0 Å². The van der Waals surface area contributed by atoms with Gasteiger partial charge in [-0.25, -0.2) is 0 Å². The van der Waals surface area contributed by atoms with Gasteiger partial charge in [0.15, 0.2) is 0 Å². The Morgan fingerprint density at radius 3 is 2.45 bits per heavy atom. The lowest BCUT2D eigenvalue weighted by Crippen LogP contribution is -2.26. The van der Waals surface area contributed by atoms with Crippen molar-refractivity contribution < 1.29 is 5.11 Å². The van der Waals surface area contributed by atoms with E-state index in [4.69, 9.17) is 0 Å². The fourth-order valence-electron chi connectivity index (χ4n) is 2.65. The maximum Gasteiger partial charge on any atom is 0.0659 e. The molecular weight excluding hydrogens is 332 g/mol. The first kappa shape index (κ1) is 15.7. The van der Waals surface area contributed by atoms with Crippen LogP contribution in [0.1, 0.15) is 36.6 Å². The standard InChI is InChI=1S/C17H21BrOS/c1-3-12(2)17(13-7-5-4-6-8-13)15(19)11-16-14(18)9-10-20-16/h4-10,12,15,17,19H,3,11H2,1-2H3. The molecule has 3 unspecified atom stereocenters. The third kappa shape index (κ3) is 3.72. The first-order valence-electron chi connectivity index (χ1n) is 7.08. The van der Waals surface area contributed by atoms with E-state index in [1.165, 1.54) is 10.4 Å². The van der Waals surface area contributed by atoms with Crippen molar-refractivity contribution in [3.63, 3.8) is 0 Å². The molecule has 0 radical (unpaired) electrons. The van der Waals surface area contributed by atoms with Crippen LogP contribution in [0.5, 0.6) is 0 Å². The average molecular weight is 353 g/mol. The van der Waals surface area contributed by atoms with Gasteiger partial charge in [-0.3, -0.25) is 0 Å². The molecule has 0 spiro atoms. The van der Waals surface area contributed by atoms with Gasteiger partial charge in [0.05, 0.1) is 6.10 Å². The summed E-state index contributed by atoms with van der Waals surface area (Å²) in [6.45, 7) is 4.42. The second kappa shape index (κ2) is 7.39. The highest BCUT2D eigenvalue weighted by atomic mass is 79.9. The minimum absolute atomic E-state index is 0.190. The van der Waals surface area contributed by atoms with Crippen molar-refractivity contribution in [3.05, 3.63) is 56.7 Å². The highest BCUT2D eigenvalue weighted by Crippen LogP contribution is 2.34. The first-order chi connectivity index (χ1) is 9.63. The van der Waals surface area contributed by atoms with E-state index in [2.05, 4.69) is 59.4 Å². The van der Waals surface area contributed by atoms with E-state index < -0.39 is 0 Å². The van der Waals surface area contributed by atoms with E-state index in [-0.39, 0.29) is 12.0 Å². The van der Waals surface area contributed by atoms with Crippen LogP contribution in [-0.4, -0.2) is 11.2 Å². The molecule has 108 valence electrons. The number of rotatable bonds is 6. The van der Waals surface area contributed by atoms with Crippen molar-refractivity contribution in [3.8, 4) is 0 Å². The third-order valence-electron chi connectivity index (χ3n) is 3.94. The Labute approximate surface area is 133 Å². The minimum atomic E-state index is -0.345. The first-order valence-corrected chi connectivity index (χ1v) is 8.75. The summed E-state index contributed by atoms with van der Waals surface area (Å²) < 4.78 is 1.11. The number of hydrogen-bond donors (Lipinski definition) is 1. The molecule has 20 heavy (non-hydrogen) atoms. The lowest BCUT2D eigenvalue weighted by atomic mass is 9.80. The molecule has 0 aliphatic rings. The molecule has 1 N–H and O–H groups in total. The Kier molecular flexibility index (Phi) is 5.82. The maximum absolute atomic E-state index is 10.7. The average Bonchev–Trinajstić information content (AvgIpc) is 2.85. The molecule has 1 aromatic carbocycles. The Morgan fingerprint density at radius 2 is 1.90 bits per heavy atom. The second-order valence-electron chi connectivity index (χ2n) is 5.29. The van der Waals surface area contributed by atoms with Crippen LogP contribution >= 0.6 is 27.3 Å². The Hall–Kier alpha value is -0.640. The molecule has 0 amide bonds. The zero-order chi connectivity index (χ0) is 14.5. The predicted octanol–water partition coefficient (Wildman–Crippen LogP) is 5.24. The van der Waals surface area contributed by atoms with E-state index in [0.717, 1.165) is 10.9 Å². The Morgan fingerprint density at radius 1 is 1.20 bits per heavy atom. The van der Waals surface area contributed by atoms with Crippen LogP contribution in [0, 0.1) is 5.92 Å². The van der Waals surface area contributed by atoms with E-state index in [9.17, 15) is 5.11 Å². The molecule has 0 saturated heterocycles. The molecule has 1 aromatic heterocycles. The predicted molar refractivity (Wildman–Crippen MR) is 90.4 cm³/mol. The number of hydrogen-bond acceptors (Lipinski definition) is 2. The minimum Gasteiger partial charge on any atom is -0.392 e. The summed E-state index contributed by atoms with van der Waals surface area (Å²) in [6.07, 6.45) is 1.44. The molecule has 0 aliphatic carbocycles. The van der Waals surface area contributed by atoms with Crippen LogP contribution in [0.2, 0.25) is 0 Å². The van der Waals surface area contributed by atoms with Crippen molar-refractivity contribution in [2.24, 2.45) is 5.92 Å². The normalized spacial score (nSPS) is 15.8. The molecule has 1 nitrogen and oxygen atoms in total. The summed E-state index contributed by atoms with van der Waals surface area (Å²) in [5, 5.41) is 12.8. The van der Waals surface area contributed by atoms with E-state index >= 15 is 0 Å². The zero-order valence-corrected chi connectivity index (χ0v) is 14.3. The van der Waals surface area contributed by atoms with Gasteiger partial charge in [-0.2, -0.15) is 0 Å². The SMILES string of the molecule is CCC(C)C(c1ccccc1)C(O)Cc1sccc1Br. The number of aliphatic hydroxyl groups excluding tert-OH is 1.